The normalized spacial score (nSPS) is 14.6. The molecule has 1 aliphatic rings. The Morgan fingerprint density at radius 1 is 1.10 bits per heavy atom. The molecule has 1 aliphatic heterocycles. The summed E-state index contributed by atoms with van der Waals surface area (Å²) in [4.78, 5) is 56.5. The predicted octanol–water partition coefficient (Wildman–Crippen LogP) is 6.44. The van der Waals surface area contributed by atoms with Crippen molar-refractivity contribution in [1.82, 2.24) is 9.55 Å². The lowest BCUT2D eigenvalue weighted by Gasteiger charge is -2.34. The van der Waals surface area contributed by atoms with E-state index in [1.807, 2.05) is 64.5 Å². The molecule has 1 N–H and O–H groups in total. The number of rotatable bonds is 6. The molecule has 0 aliphatic carbocycles. The standard InChI is InChI=1S/C30H35N3O6S/c1-15(2)24-10-18-9-21(23-14-40-28(31-23)33(16(3)4)29(38)39-30(6,7)8)19(17(5)34)11-20(18)25-12-26(35)22(27(36)37)13-32(24)25/h9,11-16,24H,10H2,1-8H3,(H,36,37). The van der Waals surface area contributed by atoms with Gasteiger partial charge in [0, 0.05) is 46.4 Å². The zero-order valence-electron chi connectivity index (χ0n) is 24.1. The van der Waals surface area contributed by atoms with Crippen LogP contribution >= 0.6 is 11.3 Å². The fourth-order valence-corrected chi connectivity index (χ4v) is 5.90. The third kappa shape index (κ3) is 5.58. The number of carboxylic acid groups (broad SMARTS) is 1. The van der Waals surface area contributed by atoms with E-state index in [4.69, 9.17) is 9.72 Å². The Kier molecular flexibility index (Phi) is 7.77. The topological polar surface area (TPSA) is 119 Å². The molecule has 2 aromatic heterocycles. The zero-order chi connectivity index (χ0) is 29.7. The minimum atomic E-state index is -1.27. The maximum atomic E-state index is 13.0. The van der Waals surface area contributed by atoms with Gasteiger partial charge in [-0.3, -0.25) is 14.5 Å². The quantitative estimate of drug-likeness (QED) is 0.342. The van der Waals surface area contributed by atoms with E-state index in [1.54, 1.807) is 6.07 Å². The second-order valence-corrected chi connectivity index (χ2v) is 12.6. The third-order valence-corrected chi connectivity index (χ3v) is 7.69. The van der Waals surface area contributed by atoms with Crippen LogP contribution in [0.15, 0.2) is 34.6 Å². The van der Waals surface area contributed by atoms with Crippen LogP contribution in [-0.4, -0.2) is 44.1 Å². The van der Waals surface area contributed by atoms with E-state index >= 15 is 0 Å². The van der Waals surface area contributed by atoms with Crippen molar-refractivity contribution in [2.45, 2.75) is 79.5 Å². The number of anilines is 1. The van der Waals surface area contributed by atoms with Crippen molar-refractivity contribution in [2.75, 3.05) is 4.90 Å². The Hall–Kier alpha value is -3.79. The number of pyridine rings is 1. The first kappa shape index (κ1) is 29.2. The van der Waals surface area contributed by atoms with Gasteiger partial charge in [-0.25, -0.2) is 14.6 Å². The van der Waals surface area contributed by atoms with Gasteiger partial charge < -0.3 is 14.4 Å². The van der Waals surface area contributed by atoms with Crippen LogP contribution in [0.1, 0.15) is 87.7 Å². The fraction of sp³-hybridized carbons (Fsp3) is 0.433. The van der Waals surface area contributed by atoms with Crippen molar-refractivity contribution in [1.29, 1.82) is 0 Å². The summed E-state index contributed by atoms with van der Waals surface area (Å²) in [6.07, 6.45) is 1.50. The molecule has 3 heterocycles. The van der Waals surface area contributed by atoms with E-state index in [2.05, 4.69) is 0 Å². The summed E-state index contributed by atoms with van der Waals surface area (Å²) in [5.41, 5.74) is 2.33. The van der Waals surface area contributed by atoms with Gasteiger partial charge >= 0.3 is 12.1 Å². The van der Waals surface area contributed by atoms with Crippen LogP contribution in [0.4, 0.5) is 9.93 Å². The molecule has 1 amide bonds. The summed E-state index contributed by atoms with van der Waals surface area (Å²) in [5, 5.41) is 11.8. The number of carboxylic acids is 1. The minimum absolute atomic E-state index is 0.0909. The van der Waals surface area contributed by atoms with Crippen LogP contribution in [-0.2, 0) is 11.2 Å². The zero-order valence-corrected chi connectivity index (χ0v) is 24.9. The third-order valence-electron chi connectivity index (χ3n) is 6.85. The van der Waals surface area contributed by atoms with Gasteiger partial charge in [0.25, 0.3) is 0 Å². The molecule has 10 heteroatoms. The van der Waals surface area contributed by atoms with E-state index in [0.29, 0.717) is 39.6 Å². The molecule has 0 fully saturated rings. The van der Waals surface area contributed by atoms with Gasteiger partial charge in [-0.1, -0.05) is 13.8 Å². The number of ether oxygens (including phenoxy) is 1. The molecule has 0 saturated heterocycles. The van der Waals surface area contributed by atoms with Gasteiger partial charge in [0.1, 0.15) is 11.2 Å². The average molecular weight is 566 g/mol. The second kappa shape index (κ2) is 10.6. The number of amides is 1. The van der Waals surface area contributed by atoms with Crippen LogP contribution in [0.3, 0.4) is 0 Å². The molecule has 1 atom stereocenters. The number of nitrogens with zero attached hydrogens (tertiary/aromatic N) is 3. The number of ketones is 1. The molecule has 0 spiro atoms. The maximum Gasteiger partial charge on any atom is 0.416 e. The lowest BCUT2D eigenvalue weighted by molar-refractivity contribution is 0.0569. The number of carbonyl (C=O) groups is 3. The molecule has 40 heavy (non-hydrogen) atoms. The number of hydrogen-bond acceptors (Lipinski definition) is 7. The second-order valence-electron chi connectivity index (χ2n) is 11.7. The van der Waals surface area contributed by atoms with Gasteiger partial charge in [0.15, 0.2) is 16.3 Å². The van der Waals surface area contributed by atoms with E-state index in [9.17, 15) is 24.3 Å². The molecule has 0 bridgehead atoms. The highest BCUT2D eigenvalue weighted by molar-refractivity contribution is 7.14. The Balaban J connectivity index is 1.87. The molecule has 1 unspecified atom stereocenters. The Morgan fingerprint density at radius 2 is 1.77 bits per heavy atom. The molecule has 3 aromatic rings. The molecule has 1 aromatic carbocycles. The maximum absolute atomic E-state index is 13.0. The first-order valence-corrected chi connectivity index (χ1v) is 14.1. The summed E-state index contributed by atoms with van der Waals surface area (Å²) in [5.74, 6) is -1.30. The Morgan fingerprint density at radius 3 is 2.33 bits per heavy atom. The summed E-state index contributed by atoms with van der Waals surface area (Å²) in [6.45, 7) is 14.8. The highest BCUT2D eigenvalue weighted by Crippen LogP contribution is 2.41. The van der Waals surface area contributed by atoms with Crippen LogP contribution in [0, 0.1) is 5.92 Å². The van der Waals surface area contributed by atoms with Gasteiger partial charge in [-0.15, -0.1) is 11.3 Å². The van der Waals surface area contributed by atoms with E-state index < -0.39 is 23.1 Å². The number of hydrogen-bond donors (Lipinski definition) is 1. The summed E-state index contributed by atoms with van der Waals surface area (Å²) in [7, 11) is 0. The van der Waals surface area contributed by atoms with Crippen molar-refractivity contribution in [2.24, 2.45) is 5.92 Å². The molecular formula is C30H35N3O6S. The summed E-state index contributed by atoms with van der Waals surface area (Å²) in [6, 6.07) is 4.76. The molecule has 212 valence electrons. The number of aromatic nitrogens is 2. The molecule has 0 radical (unpaired) electrons. The molecular weight excluding hydrogens is 530 g/mol. The molecule has 0 saturated carbocycles. The van der Waals surface area contributed by atoms with Crippen LogP contribution in [0.2, 0.25) is 0 Å². The highest BCUT2D eigenvalue weighted by Gasteiger charge is 2.31. The van der Waals surface area contributed by atoms with Crippen molar-refractivity contribution >= 4 is 34.3 Å². The van der Waals surface area contributed by atoms with E-state index in [0.717, 1.165) is 5.56 Å². The van der Waals surface area contributed by atoms with Crippen LogP contribution in [0.5, 0.6) is 0 Å². The number of fused-ring (bicyclic) bond motifs is 3. The SMILES string of the molecule is CC(=O)c1cc2c(cc1-c1csc(N(C(=O)OC(C)(C)C)C(C)C)n1)CC(C(C)C)n1cc(C(=O)O)c(=O)cc1-2. The summed E-state index contributed by atoms with van der Waals surface area (Å²) >= 11 is 1.29. The van der Waals surface area contributed by atoms with Crippen molar-refractivity contribution in [3.8, 4) is 22.5 Å². The van der Waals surface area contributed by atoms with E-state index in [1.165, 1.54) is 35.4 Å². The Bertz CT molecular complexity index is 1560. The Labute approximate surface area is 237 Å². The number of thiazole rings is 1. The summed E-state index contributed by atoms with van der Waals surface area (Å²) < 4.78 is 7.45. The molecule has 4 rings (SSSR count). The fourth-order valence-electron chi connectivity index (χ4n) is 4.96. The van der Waals surface area contributed by atoms with Gasteiger partial charge in [0.05, 0.1) is 11.4 Å². The van der Waals surface area contributed by atoms with Gasteiger partial charge in [-0.05, 0) is 71.6 Å². The number of carbonyl (C=O) groups excluding carboxylic acids is 2. The largest absolute Gasteiger partial charge is 0.477 e. The van der Waals surface area contributed by atoms with Crippen LogP contribution in [0.25, 0.3) is 22.5 Å². The van der Waals surface area contributed by atoms with Crippen molar-refractivity contribution in [3.63, 3.8) is 0 Å². The van der Waals surface area contributed by atoms with Gasteiger partial charge in [0.2, 0.25) is 0 Å². The predicted molar refractivity (Wildman–Crippen MR) is 156 cm³/mol. The van der Waals surface area contributed by atoms with E-state index in [-0.39, 0.29) is 29.3 Å². The van der Waals surface area contributed by atoms with Crippen molar-refractivity contribution < 1.29 is 24.2 Å². The smallest absolute Gasteiger partial charge is 0.416 e. The van der Waals surface area contributed by atoms with Crippen molar-refractivity contribution in [3.05, 3.63) is 56.7 Å². The number of aromatic carboxylic acids is 1. The minimum Gasteiger partial charge on any atom is -0.477 e. The highest BCUT2D eigenvalue weighted by atomic mass is 32.1. The lowest BCUT2D eigenvalue weighted by atomic mass is 9.84. The van der Waals surface area contributed by atoms with Gasteiger partial charge in [-0.2, -0.15) is 0 Å². The lowest BCUT2D eigenvalue weighted by Crippen LogP contribution is -2.41. The number of benzene rings is 1. The first-order chi connectivity index (χ1) is 18.6. The number of Topliss-reactive ketones (excluding diaryl/α,β-unsaturated/α-hetero) is 1. The first-order valence-electron chi connectivity index (χ1n) is 13.2. The average Bonchev–Trinajstić information content (AvgIpc) is 3.29. The van der Waals surface area contributed by atoms with Crippen LogP contribution < -0.4 is 10.3 Å². The molecule has 9 nitrogen and oxygen atoms in total. The monoisotopic (exact) mass is 565 g/mol.